The van der Waals surface area contributed by atoms with E-state index >= 15 is 0 Å². The van der Waals surface area contributed by atoms with Crippen molar-refractivity contribution in [3.8, 4) is 0 Å². The van der Waals surface area contributed by atoms with Gasteiger partial charge >= 0.3 is 34.1 Å². The summed E-state index contributed by atoms with van der Waals surface area (Å²) in [5.74, 6) is 0. The third-order valence-electron chi connectivity index (χ3n) is 15.7. The summed E-state index contributed by atoms with van der Waals surface area (Å²) >= 11 is 0. The van der Waals surface area contributed by atoms with E-state index < -0.39 is 0 Å². The van der Waals surface area contributed by atoms with Gasteiger partial charge in [-0.1, -0.05) is 212 Å². The van der Waals surface area contributed by atoms with Gasteiger partial charge in [-0.2, -0.15) is 0 Å². The van der Waals surface area contributed by atoms with Gasteiger partial charge in [0.25, 0.3) is 0 Å². The Morgan fingerprint density at radius 1 is 0.178 bits per heavy atom. The maximum atomic E-state index is 3.94. The maximum Gasteiger partial charge on any atom is 2.00 e. The quantitative estimate of drug-likeness (QED) is 0.0495. The molecule has 33 nitrogen and oxygen atoms in total. The van der Waals surface area contributed by atoms with Crippen LogP contribution in [0.3, 0.4) is 0 Å². The number of benzene rings is 12. The number of nitrogens with one attached hydrogen (secondary N) is 22. The number of anilines is 11. The first-order valence-corrected chi connectivity index (χ1v) is 33.7. The van der Waals surface area contributed by atoms with Crippen molar-refractivity contribution in [1.82, 2.24) is 60.9 Å². The Labute approximate surface area is 861 Å². The predicted molar refractivity (Wildman–Crippen MR) is 513 cm³/mol. The van der Waals surface area contributed by atoms with Crippen molar-refractivity contribution in [3.63, 3.8) is 0 Å². The van der Waals surface area contributed by atoms with E-state index in [0.717, 1.165) is 132 Å². The van der Waals surface area contributed by atoms with Crippen LogP contribution in [0, 0.1) is 102 Å². The van der Waals surface area contributed by atoms with Crippen LogP contribution in [0.25, 0.3) is 59.7 Å². The van der Waals surface area contributed by atoms with Gasteiger partial charge in [-0.3, -0.25) is 0 Å². The summed E-state index contributed by atoms with van der Waals surface area (Å²) in [6, 6.07) is 94.7. The molecule has 12 aromatic rings. The minimum atomic E-state index is 0. The molecule has 0 unspecified atom stereocenters. The smallest absolute Gasteiger partial charge is 0.602 e. The number of para-hydroxylation sites is 22. The number of fused-ring (bicyclic) bond motifs is 12. The third kappa shape index (κ3) is 41.8. The number of hydrogen-bond donors (Lipinski definition) is 22. The molecular formula is C87H110Cu9N33-7. The zero-order valence-corrected chi connectivity index (χ0v) is 80.7. The molecule has 729 valence electrons. The Morgan fingerprint density at radius 2 is 0.295 bits per heavy atom. The van der Waals surface area contributed by atoms with Gasteiger partial charge in [-0.05, 0) is 91.7 Å². The molecule has 9 radical (unpaired) electrons. The average Bonchev–Trinajstić information content (AvgIpc) is 1.88. The molecule has 129 heavy (non-hydrogen) atoms. The Kier molecular flexibility index (Phi) is 79.6. The van der Waals surface area contributed by atoms with Gasteiger partial charge in [0.05, 0.1) is 0 Å². The monoisotopic (exact) mass is 2180 g/mol. The second-order valence-electron chi connectivity index (χ2n) is 22.8. The van der Waals surface area contributed by atoms with E-state index in [0.29, 0.717) is 0 Å². The van der Waals surface area contributed by atoms with Crippen LogP contribution >= 0.6 is 0 Å². The number of nitrogens with zero attached hydrogens (tertiary/aromatic N) is 11. The Hall–Kier alpha value is -10.6. The minimum Gasteiger partial charge on any atom is -0.602 e. The standard InChI is InChI=1S/C9H8.11C6H6N3.12CH3.9Cu/c1-2-5-9-7-3-6-8(9)4-1;11*1-2-4-6-5(3-1)7-9-8-6;;;;;;;;;;;;;;;;;;;;;/h1-2,4-7H,3H2;11*1-4,7,9H;12*1H3;;;;;;;;;/q;17*-1;6*+1;;;;;;;;2*+2. The second kappa shape index (κ2) is 75.3. The molecule has 11 aliphatic heterocycles. The third-order valence-corrected chi connectivity index (χ3v) is 15.7. The van der Waals surface area contributed by atoms with Crippen LogP contribution in [0.15, 0.2) is 291 Å². The van der Waals surface area contributed by atoms with Crippen LogP contribution in [-0.4, -0.2) is 0 Å². The van der Waals surface area contributed by atoms with Crippen molar-refractivity contribution in [3.05, 3.63) is 464 Å². The van der Waals surface area contributed by atoms with Crippen LogP contribution in [0.2, 0.25) is 0 Å². The average molecular weight is 2190 g/mol. The molecule has 0 atom stereocenters. The van der Waals surface area contributed by atoms with E-state index in [9.17, 15) is 0 Å². The summed E-state index contributed by atoms with van der Waals surface area (Å²) in [4.78, 5) is 0. The van der Waals surface area contributed by atoms with Crippen LogP contribution < -0.4 is 121 Å². The largest absolute Gasteiger partial charge is 2.00 e. The molecule has 0 fully saturated rings. The van der Waals surface area contributed by atoms with Gasteiger partial charge in [0.2, 0.25) is 0 Å². The van der Waals surface area contributed by atoms with Crippen LogP contribution in [0.1, 0.15) is 17.5 Å². The fourth-order valence-electron chi connectivity index (χ4n) is 10.3. The molecule has 0 saturated carbocycles. The zero-order chi connectivity index (χ0) is 73.3. The molecule has 0 bridgehead atoms. The van der Waals surface area contributed by atoms with Crippen LogP contribution in [-0.2, 0) is 154 Å². The summed E-state index contributed by atoms with van der Waals surface area (Å²) in [5, 5.41) is 0. The molecule has 12 aliphatic rings. The molecule has 12 aromatic carbocycles. The summed E-state index contributed by atoms with van der Waals surface area (Å²) in [7, 11) is 0. The summed E-state index contributed by atoms with van der Waals surface area (Å²) in [5.41, 5.74) is 129. The van der Waals surface area contributed by atoms with Crippen LogP contribution in [0.5, 0.6) is 0 Å². The van der Waals surface area contributed by atoms with Gasteiger partial charge in [0.15, 0.2) is 0 Å². The maximum absolute atomic E-state index is 3.94. The van der Waals surface area contributed by atoms with Crippen LogP contribution in [0.4, 0.5) is 125 Å². The number of hydrogen-bond acceptors (Lipinski definition) is 22. The van der Waals surface area contributed by atoms with Gasteiger partial charge < -0.3 is 225 Å². The predicted octanol–water partition coefficient (Wildman–Crippen LogP) is 24.5. The molecule has 1 aliphatic carbocycles. The minimum absolute atomic E-state index is 0. The Balaban J connectivity index is -0.000000171. The summed E-state index contributed by atoms with van der Waals surface area (Å²) in [6.07, 6.45) is 5.60. The Bertz CT molecular complexity index is 3490. The second-order valence-corrected chi connectivity index (χ2v) is 22.8. The molecule has 42 heteroatoms. The zero-order valence-electron chi connectivity index (χ0n) is 72.2. The SMILES string of the molecule is [CH3+].[CH3+].[CH3+].[CH3+].[CH3+].[CH3+].[CH3-].[CH3-].[CH3-].[CH3-].[CH3-].[CH3-].[Cu+2].[Cu+2].[Cu].[Cu].[Cu].[Cu].[Cu].[Cu].[Cu].c1ccc2c(c1)[CH+]C[CH-]2.c1ccc2c(c1)[N-]NN2.c1ccc2c(c1)[N-]NN2.c1ccc2c(c1)[N-]NN2.c1ccc2c(c1)[N-]NN2.c1ccc2c(c1)[N-]NN2.c1ccc2c(c1)[N-]NN2.c1ccc2c(c1)[N-]NN2.c1ccc2c(c1)[N-]NN2.c1ccc2c(c1)[N-]NN2.c1ccc2c(c1)[N-]NN2.c1ccc2c(c1)[N-]NN2. The fraction of sp³-hybridized carbons (Fsp3) is 0.0115. The molecule has 0 saturated heterocycles. The van der Waals surface area contributed by atoms with Gasteiger partial charge in [-0.25, -0.2) is 0 Å². The molecule has 11 heterocycles. The van der Waals surface area contributed by atoms with Crippen molar-refractivity contribution < 1.29 is 154 Å². The normalized spacial score (nSPS) is 11.5. The van der Waals surface area contributed by atoms with Crippen molar-refractivity contribution in [1.29, 1.82) is 0 Å². The van der Waals surface area contributed by atoms with Crippen molar-refractivity contribution in [2.75, 3.05) is 59.7 Å². The summed E-state index contributed by atoms with van der Waals surface area (Å²) in [6.45, 7) is 0. The van der Waals surface area contributed by atoms with Crippen molar-refractivity contribution >= 4 is 125 Å². The van der Waals surface area contributed by atoms with E-state index in [1.165, 1.54) is 11.1 Å². The van der Waals surface area contributed by atoms with Gasteiger partial charge in [0.1, 0.15) is 0 Å². The first-order valence-electron chi connectivity index (χ1n) is 33.7. The van der Waals surface area contributed by atoms with Crippen molar-refractivity contribution in [2.24, 2.45) is 0 Å². The van der Waals surface area contributed by atoms with E-state index in [2.05, 4.69) is 217 Å². The van der Waals surface area contributed by atoms with Gasteiger partial charge in [0, 0.05) is 232 Å². The molecular weight excluding hydrogens is 2080 g/mol. The first kappa shape index (κ1) is 136. The molecule has 24 rings (SSSR count). The van der Waals surface area contributed by atoms with E-state index in [4.69, 9.17) is 0 Å². The number of rotatable bonds is 0. The van der Waals surface area contributed by atoms with Crippen molar-refractivity contribution in [2.45, 2.75) is 6.42 Å². The molecule has 0 aromatic heterocycles. The van der Waals surface area contributed by atoms with E-state index in [1.54, 1.807) is 0 Å². The number of hydrazine groups is 11. The Morgan fingerprint density at radius 3 is 0.419 bits per heavy atom. The molecule has 0 amide bonds. The van der Waals surface area contributed by atoms with Gasteiger partial charge in [-0.15, -0.1) is 75.0 Å². The molecule has 0 spiro atoms. The fourth-order valence-corrected chi connectivity index (χ4v) is 10.3. The van der Waals surface area contributed by atoms with E-state index in [-0.39, 0.29) is 243 Å². The van der Waals surface area contributed by atoms with E-state index in [1.807, 2.05) is 267 Å². The summed E-state index contributed by atoms with van der Waals surface area (Å²) < 4.78 is 0. The molecule has 22 N–H and O–H groups in total. The topological polar surface area (TPSA) is 420 Å². The first-order chi connectivity index (χ1) is 53.6.